The van der Waals surface area contributed by atoms with E-state index in [1.54, 1.807) is 7.11 Å². The fourth-order valence-electron chi connectivity index (χ4n) is 3.36. The van der Waals surface area contributed by atoms with E-state index in [0.717, 1.165) is 18.6 Å². The fourth-order valence-corrected chi connectivity index (χ4v) is 3.36. The molecule has 0 radical (unpaired) electrons. The molecule has 5 heteroatoms. The first-order valence-corrected chi connectivity index (χ1v) is 7.77. The van der Waals surface area contributed by atoms with Crippen LogP contribution in [0.15, 0.2) is 24.3 Å². The van der Waals surface area contributed by atoms with Gasteiger partial charge in [0.15, 0.2) is 0 Å². The van der Waals surface area contributed by atoms with Gasteiger partial charge in [0, 0.05) is 12.0 Å². The molecule has 22 heavy (non-hydrogen) atoms. The highest BCUT2D eigenvalue weighted by molar-refractivity contribution is 5.80. The summed E-state index contributed by atoms with van der Waals surface area (Å²) in [5.74, 6) is 0.936. The zero-order chi connectivity index (χ0) is 15.7. The summed E-state index contributed by atoms with van der Waals surface area (Å²) < 4.78 is 18.8. The van der Waals surface area contributed by atoms with Gasteiger partial charge in [-0.1, -0.05) is 12.1 Å². The lowest BCUT2D eigenvalue weighted by Gasteiger charge is -2.42. The van der Waals surface area contributed by atoms with Crippen LogP contribution in [0.5, 0.6) is 5.75 Å². The second-order valence-electron chi connectivity index (χ2n) is 6.56. The number of hydrogen-bond donors (Lipinski definition) is 2. The molecule has 0 spiro atoms. The zero-order valence-corrected chi connectivity index (χ0v) is 12.7. The Morgan fingerprint density at radius 3 is 2.82 bits per heavy atom. The van der Waals surface area contributed by atoms with Crippen LogP contribution in [-0.4, -0.2) is 36.4 Å². The summed E-state index contributed by atoms with van der Waals surface area (Å²) in [5.41, 5.74) is -0.304. The van der Waals surface area contributed by atoms with Crippen LogP contribution in [0.2, 0.25) is 0 Å². The third-order valence-corrected chi connectivity index (χ3v) is 4.93. The minimum atomic E-state index is -1.54. The van der Waals surface area contributed by atoms with E-state index >= 15 is 0 Å². The molecular formula is C17H22FNO3. The SMILES string of the molecule is COc1cccc(C2CC(NC(=O)C3CC(F)(CO)C3)C2)c1. The highest BCUT2D eigenvalue weighted by atomic mass is 19.1. The lowest BCUT2D eigenvalue weighted by Crippen LogP contribution is -2.53. The van der Waals surface area contributed by atoms with Crippen molar-refractivity contribution >= 4 is 5.91 Å². The number of carbonyl (C=O) groups is 1. The second-order valence-corrected chi connectivity index (χ2v) is 6.56. The smallest absolute Gasteiger partial charge is 0.223 e. The highest BCUT2D eigenvalue weighted by Gasteiger charge is 2.48. The Morgan fingerprint density at radius 2 is 2.18 bits per heavy atom. The molecule has 0 atom stereocenters. The molecule has 2 fully saturated rings. The normalized spacial score (nSPS) is 33.5. The average molecular weight is 307 g/mol. The summed E-state index contributed by atoms with van der Waals surface area (Å²) in [7, 11) is 1.65. The van der Waals surface area contributed by atoms with E-state index in [9.17, 15) is 9.18 Å². The van der Waals surface area contributed by atoms with Crippen LogP contribution >= 0.6 is 0 Å². The first kappa shape index (κ1) is 15.3. The first-order chi connectivity index (χ1) is 10.5. The predicted octanol–water partition coefficient (Wildman–Crippen LogP) is 2.17. The molecule has 2 aliphatic carbocycles. The number of aliphatic hydroxyl groups is 1. The van der Waals surface area contributed by atoms with E-state index in [4.69, 9.17) is 9.84 Å². The van der Waals surface area contributed by atoms with Gasteiger partial charge in [-0.05, 0) is 49.3 Å². The molecule has 120 valence electrons. The molecule has 2 N–H and O–H groups in total. The van der Waals surface area contributed by atoms with E-state index < -0.39 is 12.3 Å². The van der Waals surface area contributed by atoms with Crippen LogP contribution in [0.25, 0.3) is 0 Å². The number of carbonyl (C=O) groups excluding carboxylic acids is 1. The molecule has 0 unspecified atom stereocenters. The minimum Gasteiger partial charge on any atom is -0.497 e. The quantitative estimate of drug-likeness (QED) is 0.876. The fraction of sp³-hybridized carbons (Fsp3) is 0.588. The largest absolute Gasteiger partial charge is 0.497 e. The molecule has 1 aromatic rings. The summed E-state index contributed by atoms with van der Waals surface area (Å²) in [6.45, 7) is -0.488. The molecule has 0 bridgehead atoms. The zero-order valence-electron chi connectivity index (χ0n) is 12.7. The summed E-state index contributed by atoms with van der Waals surface area (Å²) in [5, 5.41) is 11.9. The number of aliphatic hydroxyl groups excluding tert-OH is 1. The Bertz CT molecular complexity index is 551. The van der Waals surface area contributed by atoms with Gasteiger partial charge in [0.05, 0.1) is 13.7 Å². The van der Waals surface area contributed by atoms with Crippen LogP contribution < -0.4 is 10.1 Å². The Morgan fingerprint density at radius 1 is 1.45 bits per heavy atom. The molecular weight excluding hydrogens is 285 g/mol. The van der Waals surface area contributed by atoms with Crippen LogP contribution in [0.3, 0.4) is 0 Å². The predicted molar refractivity (Wildman–Crippen MR) is 80.5 cm³/mol. The summed E-state index contributed by atoms with van der Waals surface area (Å²) in [6, 6.07) is 8.18. The minimum absolute atomic E-state index is 0.0733. The Kier molecular flexibility index (Phi) is 4.08. The van der Waals surface area contributed by atoms with Gasteiger partial charge in [-0.15, -0.1) is 0 Å². The molecule has 0 aliphatic heterocycles. The lowest BCUT2D eigenvalue weighted by atomic mass is 9.71. The van der Waals surface area contributed by atoms with Crippen molar-refractivity contribution in [1.29, 1.82) is 0 Å². The molecule has 0 heterocycles. The molecule has 0 aromatic heterocycles. The monoisotopic (exact) mass is 307 g/mol. The van der Waals surface area contributed by atoms with Crippen molar-refractivity contribution in [3.8, 4) is 5.75 Å². The maximum absolute atomic E-state index is 13.6. The number of rotatable bonds is 5. The summed E-state index contributed by atoms with van der Waals surface area (Å²) in [4.78, 5) is 12.0. The van der Waals surface area contributed by atoms with Crippen LogP contribution in [0.1, 0.15) is 37.2 Å². The second kappa shape index (κ2) is 5.88. The van der Waals surface area contributed by atoms with E-state index in [1.165, 1.54) is 5.56 Å². The third-order valence-electron chi connectivity index (χ3n) is 4.93. The Labute approximate surface area is 129 Å². The standard InChI is InChI=1S/C17H22FNO3/c1-22-15-4-2-3-11(7-15)12-5-14(6-12)19-16(21)13-8-17(18,9-13)10-20/h2-4,7,12-14,20H,5-6,8-10H2,1H3,(H,19,21). The number of halogens is 1. The van der Waals surface area contributed by atoms with Crippen LogP contribution in [-0.2, 0) is 4.79 Å². The molecule has 1 amide bonds. The van der Waals surface area contributed by atoms with Gasteiger partial charge in [-0.3, -0.25) is 4.79 Å². The summed E-state index contributed by atoms with van der Waals surface area (Å²) >= 11 is 0. The molecule has 4 nitrogen and oxygen atoms in total. The van der Waals surface area contributed by atoms with Gasteiger partial charge >= 0.3 is 0 Å². The summed E-state index contributed by atoms with van der Waals surface area (Å²) in [6.07, 6.45) is 2.10. The molecule has 0 saturated heterocycles. The highest BCUT2D eigenvalue weighted by Crippen LogP contribution is 2.42. The van der Waals surface area contributed by atoms with Gasteiger partial charge in [-0.25, -0.2) is 4.39 Å². The van der Waals surface area contributed by atoms with E-state index in [2.05, 4.69) is 11.4 Å². The number of benzene rings is 1. The van der Waals surface area contributed by atoms with Gasteiger partial charge in [0.2, 0.25) is 5.91 Å². The van der Waals surface area contributed by atoms with Gasteiger partial charge < -0.3 is 15.2 Å². The molecule has 2 saturated carbocycles. The van der Waals surface area contributed by atoms with Crippen LogP contribution in [0, 0.1) is 5.92 Å². The maximum atomic E-state index is 13.6. The van der Waals surface area contributed by atoms with Crippen molar-refractivity contribution < 1.29 is 19.0 Å². The van der Waals surface area contributed by atoms with Crippen molar-refractivity contribution in [2.24, 2.45) is 5.92 Å². The maximum Gasteiger partial charge on any atom is 0.223 e. The number of alkyl halides is 1. The molecule has 1 aromatic carbocycles. The van der Waals surface area contributed by atoms with Crippen molar-refractivity contribution in [2.45, 2.75) is 43.3 Å². The van der Waals surface area contributed by atoms with E-state index in [-0.39, 0.29) is 30.7 Å². The van der Waals surface area contributed by atoms with Crippen molar-refractivity contribution in [3.05, 3.63) is 29.8 Å². The molecule has 3 rings (SSSR count). The van der Waals surface area contributed by atoms with Gasteiger partial charge in [0.1, 0.15) is 11.4 Å². The molecule has 2 aliphatic rings. The van der Waals surface area contributed by atoms with Crippen molar-refractivity contribution in [2.75, 3.05) is 13.7 Å². The number of ether oxygens (including phenoxy) is 1. The van der Waals surface area contributed by atoms with Crippen molar-refractivity contribution in [3.63, 3.8) is 0 Å². The number of hydrogen-bond acceptors (Lipinski definition) is 3. The third kappa shape index (κ3) is 2.95. The van der Waals surface area contributed by atoms with Gasteiger partial charge in [0.25, 0.3) is 0 Å². The van der Waals surface area contributed by atoms with E-state index in [0.29, 0.717) is 5.92 Å². The first-order valence-electron chi connectivity index (χ1n) is 7.77. The topological polar surface area (TPSA) is 58.6 Å². The number of methoxy groups -OCH3 is 1. The lowest BCUT2D eigenvalue weighted by molar-refractivity contribution is -0.137. The Balaban J connectivity index is 1.45. The van der Waals surface area contributed by atoms with Gasteiger partial charge in [-0.2, -0.15) is 0 Å². The van der Waals surface area contributed by atoms with Crippen molar-refractivity contribution in [1.82, 2.24) is 5.32 Å². The van der Waals surface area contributed by atoms with E-state index in [1.807, 2.05) is 18.2 Å². The number of nitrogens with one attached hydrogen (secondary N) is 1. The Hall–Kier alpha value is -1.62. The number of amides is 1. The van der Waals surface area contributed by atoms with Crippen LogP contribution in [0.4, 0.5) is 4.39 Å². The average Bonchev–Trinajstić information content (AvgIpc) is 2.47.